The van der Waals surface area contributed by atoms with Crippen molar-refractivity contribution < 1.29 is 18.8 Å². The third-order valence-corrected chi connectivity index (χ3v) is 7.66. The highest BCUT2D eigenvalue weighted by Gasteiger charge is 2.51. The molecule has 0 radical (unpaired) electrons. The molecule has 2 aromatic heterocycles. The highest BCUT2D eigenvalue weighted by Crippen LogP contribution is 2.36. The lowest BCUT2D eigenvalue weighted by Crippen LogP contribution is -2.43. The first-order chi connectivity index (χ1) is 17.5. The van der Waals surface area contributed by atoms with Crippen LogP contribution in [0.4, 0.5) is 4.79 Å². The van der Waals surface area contributed by atoms with E-state index in [2.05, 4.69) is 10.4 Å². The lowest BCUT2D eigenvalue weighted by Gasteiger charge is -2.25. The summed E-state index contributed by atoms with van der Waals surface area (Å²) >= 11 is 1.54. The topological polar surface area (TPSA) is 95.2 Å². The molecule has 2 aromatic carbocycles. The summed E-state index contributed by atoms with van der Waals surface area (Å²) in [5, 5.41) is 12.5. The largest absolute Gasteiger partial charge is 0.467 e. The number of nitrogens with zero attached hydrogens (tertiary/aromatic N) is 3. The van der Waals surface area contributed by atoms with Crippen LogP contribution in [0, 0.1) is 0 Å². The first kappa shape index (κ1) is 22.2. The fourth-order valence-electron chi connectivity index (χ4n) is 4.93. The molecule has 36 heavy (non-hydrogen) atoms. The van der Waals surface area contributed by atoms with Gasteiger partial charge < -0.3 is 9.73 Å². The predicted molar refractivity (Wildman–Crippen MR) is 135 cm³/mol. The Balaban J connectivity index is 1.30. The van der Waals surface area contributed by atoms with Crippen LogP contribution in [0.25, 0.3) is 10.8 Å². The third kappa shape index (κ3) is 3.51. The predicted octanol–water partition coefficient (Wildman–Crippen LogP) is 4.64. The highest BCUT2D eigenvalue weighted by molar-refractivity contribution is 7.12. The van der Waals surface area contributed by atoms with Crippen molar-refractivity contribution in [3.8, 4) is 0 Å². The normalized spacial score (nSPS) is 21.8. The molecule has 4 amide bonds. The number of thiophene rings is 1. The van der Waals surface area contributed by atoms with Crippen LogP contribution in [-0.2, 0) is 15.1 Å². The first-order valence-electron chi connectivity index (χ1n) is 11.5. The highest BCUT2D eigenvalue weighted by atomic mass is 32.1. The van der Waals surface area contributed by atoms with Crippen LogP contribution in [-0.4, -0.2) is 40.0 Å². The van der Waals surface area contributed by atoms with Gasteiger partial charge in [-0.15, -0.1) is 11.3 Å². The Bertz CT molecular complexity index is 1510. The van der Waals surface area contributed by atoms with E-state index in [-0.39, 0.29) is 0 Å². The summed E-state index contributed by atoms with van der Waals surface area (Å²) in [7, 11) is 0. The van der Waals surface area contributed by atoms with Crippen molar-refractivity contribution in [1.29, 1.82) is 0 Å². The zero-order chi connectivity index (χ0) is 24.9. The molecule has 180 valence electrons. The van der Waals surface area contributed by atoms with Crippen LogP contribution < -0.4 is 5.32 Å². The molecular formula is C27H22N4O4S. The van der Waals surface area contributed by atoms with Crippen LogP contribution in [0.2, 0.25) is 0 Å². The quantitative estimate of drug-likeness (QED) is 0.406. The number of nitrogens with one attached hydrogen (secondary N) is 1. The van der Waals surface area contributed by atoms with E-state index in [4.69, 9.17) is 4.42 Å². The summed E-state index contributed by atoms with van der Waals surface area (Å²) in [6, 6.07) is 19.7. The molecule has 0 saturated carbocycles. The van der Waals surface area contributed by atoms with Crippen molar-refractivity contribution in [1.82, 2.24) is 15.2 Å². The standard InChI is InChI=1S/C27H22N4O4S/c1-27(19-10-4-8-17-7-2-3-9-18(17)19)25(33)30(26(34)28-27)16-24(32)31-21(22-11-5-13-35-22)15-20(29-31)23-12-6-14-36-23/h2-14,21H,15-16H2,1H3,(H,28,34). The number of urea groups is 1. The van der Waals surface area contributed by atoms with E-state index in [1.54, 1.807) is 25.3 Å². The van der Waals surface area contributed by atoms with E-state index < -0.39 is 36.0 Å². The second-order valence-electron chi connectivity index (χ2n) is 8.97. The molecule has 1 saturated heterocycles. The third-order valence-electron chi connectivity index (χ3n) is 6.74. The number of carbonyl (C=O) groups is 3. The van der Waals surface area contributed by atoms with Crippen LogP contribution in [0.1, 0.15) is 35.6 Å². The minimum atomic E-state index is -1.30. The fraction of sp³-hybridized carbons (Fsp3) is 0.185. The van der Waals surface area contributed by atoms with Crippen molar-refractivity contribution in [2.75, 3.05) is 6.54 Å². The molecule has 2 aliphatic heterocycles. The van der Waals surface area contributed by atoms with Gasteiger partial charge in [-0.2, -0.15) is 5.10 Å². The molecule has 1 N–H and O–H groups in total. The lowest BCUT2D eigenvalue weighted by molar-refractivity contribution is -0.140. The number of benzene rings is 2. The van der Waals surface area contributed by atoms with Gasteiger partial charge in [0.25, 0.3) is 11.8 Å². The Kier molecular flexibility index (Phi) is 5.22. The Labute approximate surface area is 210 Å². The number of imide groups is 1. The molecule has 2 unspecified atom stereocenters. The SMILES string of the molecule is CC1(c2cccc3ccccc23)NC(=O)N(CC(=O)N2N=C(c3cccs3)CC2c2ccco2)C1=O. The average molecular weight is 499 g/mol. The molecule has 4 heterocycles. The first-order valence-corrected chi connectivity index (χ1v) is 12.4. The van der Waals surface area contributed by atoms with Crippen LogP contribution in [0.5, 0.6) is 0 Å². The van der Waals surface area contributed by atoms with Gasteiger partial charge in [0.15, 0.2) is 0 Å². The Morgan fingerprint density at radius 2 is 1.94 bits per heavy atom. The number of fused-ring (bicyclic) bond motifs is 1. The van der Waals surface area contributed by atoms with Crippen LogP contribution >= 0.6 is 11.3 Å². The number of hydrogen-bond donors (Lipinski definition) is 1. The van der Waals surface area contributed by atoms with E-state index in [1.165, 1.54) is 16.3 Å². The van der Waals surface area contributed by atoms with Crippen molar-refractivity contribution in [3.63, 3.8) is 0 Å². The fourth-order valence-corrected chi connectivity index (χ4v) is 5.65. The van der Waals surface area contributed by atoms with Gasteiger partial charge in [0.1, 0.15) is 23.9 Å². The van der Waals surface area contributed by atoms with Crippen molar-refractivity contribution in [3.05, 3.63) is 94.6 Å². The average Bonchev–Trinajstić information content (AvgIpc) is 3.69. The minimum Gasteiger partial charge on any atom is -0.467 e. The lowest BCUT2D eigenvalue weighted by atomic mass is 9.88. The van der Waals surface area contributed by atoms with Crippen molar-refractivity contribution in [2.45, 2.75) is 24.9 Å². The van der Waals surface area contributed by atoms with E-state index in [1.807, 2.05) is 60.0 Å². The summed E-state index contributed by atoms with van der Waals surface area (Å²) in [6.07, 6.45) is 2.03. The van der Waals surface area contributed by atoms with Gasteiger partial charge in [-0.25, -0.2) is 9.80 Å². The maximum absolute atomic E-state index is 13.6. The van der Waals surface area contributed by atoms with Gasteiger partial charge in [0, 0.05) is 6.42 Å². The molecule has 6 rings (SSSR count). The number of hydrogen-bond acceptors (Lipinski definition) is 6. The molecule has 2 aliphatic rings. The summed E-state index contributed by atoms with van der Waals surface area (Å²) in [5.74, 6) is -0.349. The second kappa shape index (κ2) is 8.46. The molecule has 0 bridgehead atoms. The van der Waals surface area contributed by atoms with Gasteiger partial charge in [0.2, 0.25) is 0 Å². The van der Waals surface area contributed by atoms with E-state index in [0.29, 0.717) is 17.7 Å². The Morgan fingerprint density at radius 1 is 1.11 bits per heavy atom. The Morgan fingerprint density at radius 3 is 2.72 bits per heavy atom. The molecular weight excluding hydrogens is 476 g/mol. The van der Waals surface area contributed by atoms with Gasteiger partial charge in [0.05, 0.1) is 16.9 Å². The van der Waals surface area contributed by atoms with Crippen molar-refractivity contribution in [2.24, 2.45) is 5.10 Å². The second-order valence-corrected chi connectivity index (χ2v) is 9.92. The molecule has 0 aliphatic carbocycles. The number of furan rings is 1. The molecule has 9 heteroatoms. The monoisotopic (exact) mass is 498 g/mol. The molecule has 2 atom stereocenters. The smallest absolute Gasteiger partial charge is 0.325 e. The maximum atomic E-state index is 13.6. The van der Waals surface area contributed by atoms with Gasteiger partial charge in [-0.05, 0) is 46.8 Å². The van der Waals surface area contributed by atoms with Crippen molar-refractivity contribution >= 4 is 45.7 Å². The number of rotatable bonds is 5. The zero-order valence-corrected chi connectivity index (χ0v) is 20.2. The van der Waals surface area contributed by atoms with E-state index in [0.717, 1.165) is 26.3 Å². The van der Waals surface area contributed by atoms with E-state index >= 15 is 0 Å². The number of carbonyl (C=O) groups excluding carboxylic acids is 3. The zero-order valence-electron chi connectivity index (χ0n) is 19.4. The van der Waals surface area contributed by atoms with Gasteiger partial charge >= 0.3 is 6.03 Å². The maximum Gasteiger partial charge on any atom is 0.325 e. The van der Waals surface area contributed by atoms with Gasteiger partial charge in [-0.1, -0.05) is 48.5 Å². The van der Waals surface area contributed by atoms with Crippen LogP contribution in [0.15, 0.2) is 87.9 Å². The minimum absolute atomic E-state index is 0.427. The Hall–Kier alpha value is -4.24. The summed E-state index contributed by atoms with van der Waals surface area (Å²) in [4.78, 5) is 42.0. The summed E-state index contributed by atoms with van der Waals surface area (Å²) in [6.45, 7) is 1.25. The number of amides is 4. The van der Waals surface area contributed by atoms with Gasteiger partial charge in [-0.3, -0.25) is 14.5 Å². The van der Waals surface area contributed by atoms with E-state index in [9.17, 15) is 14.4 Å². The summed E-state index contributed by atoms with van der Waals surface area (Å²) in [5.41, 5.74) is 0.147. The molecule has 0 spiro atoms. The molecule has 8 nitrogen and oxygen atoms in total. The van der Waals surface area contributed by atoms with Crippen LogP contribution in [0.3, 0.4) is 0 Å². The summed E-state index contributed by atoms with van der Waals surface area (Å²) < 4.78 is 5.58. The molecule has 1 fully saturated rings. The number of hydrazone groups is 1. The molecule has 4 aromatic rings.